The van der Waals surface area contributed by atoms with Gasteiger partial charge in [0.1, 0.15) is 0 Å². The Bertz CT molecular complexity index is 513. The van der Waals surface area contributed by atoms with Crippen molar-refractivity contribution in [1.29, 1.82) is 0 Å². The molecule has 0 aromatic heterocycles. The smallest absolute Gasteiger partial charge is 0.330 e. The number of carbonyl (C=O) groups is 5. The maximum atomic E-state index is 11.6. The first kappa shape index (κ1) is 15.3. The van der Waals surface area contributed by atoms with E-state index in [2.05, 4.69) is 4.99 Å². The number of amides is 4. The summed E-state index contributed by atoms with van der Waals surface area (Å²) in [5.41, 5.74) is 0. The highest BCUT2D eigenvalue weighted by atomic mass is 16.4. The number of barbiturate groups is 1. The molecule has 10 nitrogen and oxygen atoms in total. The summed E-state index contributed by atoms with van der Waals surface area (Å²) in [5.74, 6) is -6.87. The normalized spacial score (nSPS) is 20.9. The SMILES string of the molecule is CN1C(=O)NC(=O)[C@H](C=N[C@@H](CC(=O)[O-])C(=O)[O-])C1=O. The van der Waals surface area contributed by atoms with Gasteiger partial charge >= 0.3 is 6.03 Å². The number of carbonyl (C=O) groups excluding carboxylic acids is 5. The van der Waals surface area contributed by atoms with Crippen LogP contribution in [0.15, 0.2) is 4.99 Å². The van der Waals surface area contributed by atoms with Crippen molar-refractivity contribution in [3.05, 3.63) is 0 Å². The third kappa shape index (κ3) is 3.37. The molecule has 0 saturated carbocycles. The molecule has 1 heterocycles. The van der Waals surface area contributed by atoms with Crippen LogP contribution in [0.25, 0.3) is 0 Å². The Morgan fingerprint density at radius 2 is 2.00 bits per heavy atom. The minimum Gasteiger partial charge on any atom is -0.550 e. The van der Waals surface area contributed by atoms with Gasteiger partial charge in [-0.3, -0.25) is 24.8 Å². The van der Waals surface area contributed by atoms with E-state index in [-0.39, 0.29) is 0 Å². The lowest BCUT2D eigenvalue weighted by Crippen LogP contribution is -2.56. The van der Waals surface area contributed by atoms with E-state index < -0.39 is 48.2 Å². The summed E-state index contributed by atoms with van der Waals surface area (Å²) in [6.07, 6.45) is -0.292. The molecule has 1 aliphatic rings. The number of urea groups is 1. The third-order valence-electron chi connectivity index (χ3n) is 2.46. The number of hydrogen-bond acceptors (Lipinski definition) is 8. The van der Waals surface area contributed by atoms with Crippen LogP contribution < -0.4 is 15.5 Å². The zero-order chi connectivity index (χ0) is 15.4. The largest absolute Gasteiger partial charge is 0.550 e. The minimum atomic E-state index is -1.79. The Morgan fingerprint density at radius 3 is 2.50 bits per heavy atom. The van der Waals surface area contributed by atoms with Crippen molar-refractivity contribution >= 4 is 36.0 Å². The quantitative estimate of drug-likeness (QED) is 0.394. The van der Waals surface area contributed by atoms with Crippen LogP contribution in [-0.4, -0.2) is 54.0 Å². The standard InChI is InChI=1S/C10H11N3O7/c1-13-8(17)4(7(16)12-10(13)20)3-11-5(9(18)19)2-6(14)15/h3-5H,2H2,1H3,(H,14,15)(H,18,19)(H,12,16,20)/p-2/t4-,5-/m0/s1. The summed E-state index contributed by atoms with van der Waals surface area (Å²) in [6, 6.07) is -2.71. The Hall–Kier alpha value is -2.78. The van der Waals surface area contributed by atoms with Crippen LogP contribution in [0, 0.1) is 5.92 Å². The minimum absolute atomic E-state index is 0.616. The molecule has 1 aliphatic heterocycles. The van der Waals surface area contributed by atoms with Gasteiger partial charge in [-0.2, -0.15) is 0 Å². The molecule has 0 bridgehead atoms. The number of rotatable bonds is 5. The van der Waals surface area contributed by atoms with Gasteiger partial charge in [-0.1, -0.05) is 0 Å². The second kappa shape index (κ2) is 5.91. The average Bonchev–Trinajstić information content (AvgIpc) is 2.33. The van der Waals surface area contributed by atoms with Crippen LogP contribution in [-0.2, 0) is 19.2 Å². The first-order valence-corrected chi connectivity index (χ1v) is 5.30. The summed E-state index contributed by atoms with van der Waals surface area (Å²) in [7, 11) is 1.11. The fraction of sp³-hybridized carbons (Fsp3) is 0.400. The lowest BCUT2D eigenvalue weighted by Gasteiger charge is -2.25. The van der Waals surface area contributed by atoms with Crippen LogP contribution in [0.3, 0.4) is 0 Å². The van der Waals surface area contributed by atoms with Gasteiger partial charge in [0.25, 0.3) is 0 Å². The van der Waals surface area contributed by atoms with Gasteiger partial charge in [0.15, 0.2) is 5.92 Å². The molecule has 0 aliphatic carbocycles. The van der Waals surface area contributed by atoms with E-state index in [4.69, 9.17) is 0 Å². The lowest BCUT2D eigenvalue weighted by molar-refractivity contribution is -0.316. The van der Waals surface area contributed by atoms with Crippen molar-refractivity contribution in [3.8, 4) is 0 Å². The molecule has 20 heavy (non-hydrogen) atoms. The summed E-state index contributed by atoms with van der Waals surface area (Å²) < 4.78 is 0. The van der Waals surface area contributed by atoms with Gasteiger partial charge in [-0.05, 0) is 0 Å². The van der Waals surface area contributed by atoms with E-state index in [1.807, 2.05) is 5.32 Å². The topological polar surface area (TPSA) is 159 Å². The van der Waals surface area contributed by atoms with E-state index in [0.29, 0.717) is 11.1 Å². The Kier molecular flexibility index (Phi) is 4.51. The van der Waals surface area contributed by atoms with E-state index in [1.54, 1.807) is 0 Å². The lowest BCUT2D eigenvalue weighted by atomic mass is 10.1. The van der Waals surface area contributed by atoms with Crippen LogP contribution in [0.5, 0.6) is 0 Å². The number of aliphatic carboxylic acids is 2. The molecule has 1 N–H and O–H groups in total. The maximum absolute atomic E-state index is 11.6. The second-order valence-corrected chi connectivity index (χ2v) is 3.88. The summed E-state index contributed by atoms with van der Waals surface area (Å²) in [5, 5.41) is 22.8. The maximum Gasteiger partial charge on any atom is 0.330 e. The summed E-state index contributed by atoms with van der Waals surface area (Å²) in [6.45, 7) is 0. The first-order valence-electron chi connectivity index (χ1n) is 5.30. The fourth-order valence-electron chi connectivity index (χ4n) is 1.36. The Morgan fingerprint density at radius 1 is 1.40 bits per heavy atom. The molecule has 0 radical (unpaired) electrons. The molecule has 0 spiro atoms. The van der Waals surface area contributed by atoms with Crippen molar-refractivity contribution in [2.45, 2.75) is 12.5 Å². The molecule has 4 amide bonds. The predicted octanol–water partition coefficient (Wildman–Crippen LogP) is -4.36. The average molecular weight is 283 g/mol. The molecule has 1 rings (SSSR count). The number of nitrogens with zero attached hydrogens (tertiary/aromatic N) is 2. The van der Waals surface area contributed by atoms with Crippen LogP contribution in [0.1, 0.15) is 6.42 Å². The molecular weight excluding hydrogens is 274 g/mol. The van der Waals surface area contributed by atoms with Crippen molar-refractivity contribution < 1.29 is 34.2 Å². The van der Waals surface area contributed by atoms with E-state index in [0.717, 1.165) is 7.05 Å². The monoisotopic (exact) mass is 283 g/mol. The highest BCUT2D eigenvalue weighted by Gasteiger charge is 2.37. The number of hydrogen-bond donors (Lipinski definition) is 1. The molecule has 10 heteroatoms. The zero-order valence-electron chi connectivity index (χ0n) is 10.2. The van der Waals surface area contributed by atoms with Crippen molar-refractivity contribution in [2.75, 3.05) is 7.05 Å². The van der Waals surface area contributed by atoms with E-state index in [1.165, 1.54) is 0 Å². The van der Waals surface area contributed by atoms with Crippen LogP contribution in [0.2, 0.25) is 0 Å². The summed E-state index contributed by atoms with van der Waals surface area (Å²) >= 11 is 0. The number of imide groups is 2. The summed E-state index contributed by atoms with van der Waals surface area (Å²) in [4.78, 5) is 59.0. The van der Waals surface area contributed by atoms with Gasteiger partial charge < -0.3 is 19.8 Å². The van der Waals surface area contributed by atoms with Crippen molar-refractivity contribution in [2.24, 2.45) is 10.9 Å². The molecule has 108 valence electrons. The molecule has 0 aromatic rings. The molecule has 1 fully saturated rings. The number of aliphatic imine (C=N–C) groups is 1. The third-order valence-corrected chi connectivity index (χ3v) is 2.46. The number of carboxylic acid groups (broad SMARTS) is 2. The molecular formula is C10H9N3O7-2. The van der Waals surface area contributed by atoms with Gasteiger partial charge in [0, 0.05) is 25.7 Å². The van der Waals surface area contributed by atoms with Crippen molar-refractivity contribution in [1.82, 2.24) is 10.2 Å². The molecule has 0 unspecified atom stereocenters. The molecule has 2 atom stereocenters. The molecule has 1 saturated heterocycles. The van der Waals surface area contributed by atoms with Crippen molar-refractivity contribution in [3.63, 3.8) is 0 Å². The van der Waals surface area contributed by atoms with E-state index in [9.17, 15) is 34.2 Å². The zero-order valence-corrected chi connectivity index (χ0v) is 10.2. The highest BCUT2D eigenvalue weighted by Crippen LogP contribution is 2.07. The van der Waals surface area contributed by atoms with Gasteiger partial charge in [-0.25, -0.2) is 4.79 Å². The van der Waals surface area contributed by atoms with E-state index >= 15 is 0 Å². The van der Waals surface area contributed by atoms with Gasteiger partial charge in [0.2, 0.25) is 11.8 Å². The van der Waals surface area contributed by atoms with Crippen LogP contribution in [0.4, 0.5) is 4.79 Å². The Labute approximate surface area is 112 Å². The Balaban J connectivity index is 2.88. The van der Waals surface area contributed by atoms with Crippen LogP contribution >= 0.6 is 0 Å². The second-order valence-electron chi connectivity index (χ2n) is 3.88. The van der Waals surface area contributed by atoms with Gasteiger partial charge in [0.05, 0.1) is 12.0 Å². The predicted molar refractivity (Wildman–Crippen MR) is 56.7 cm³/mol. The number of nitrogens with one attached hydrogen (secondary N) is 1. The number of carboxylic acids is 2. The molecule has 0 aromatic carbocycles. The highest BCUT2D eigenvalue weighted by molar-refractivity contribution is 6.23. The van der Waals surface area contributed by atoms with Gasteiger partial charge in [-0.15, -0.1) is 0 Å². The fourth-order valence-corrected chi connectivity index (χ4v) is 1.36. The first-order chi connectivity index (χ1) is 9.23.